The maximum Gasteiger partial charge on any atom is 0.338 e. The van der Waals surface area contributed by atoms with Crippen LogP contribution in [-0.4, -0.2) is 46.0 Å². The molecule has 28 heavy (non-hydrogen) atoms. The van der Waals surface area contributed by atoms with Crippen molar-refractivity contribution in [2.24, 2.45) is 11.8 Å². The second kappa shape index (κ2) is 8.12. The van der Waals surface area contributed by atoms with Crippen molar-refractivity contribution in [3.63, 3.8) is 0 Å². The van der Waals surface area contributed by atoms with Crippen LogP contribution in [0.3, 0.4) is 0 Å². The molecule has 1 saturated heterocycles. The summed E-state index contributed by atoms with van der Waals surface area (Å²) in [5.41, 5.74) is 1.78. The van der Waals surface area contributed by atoms with Gasteiger partial charge >= 0.3 is 5.97 Å². The van der Waals surface area contributed by atoms with Gasteiger partial charge in [0.15, 0.2) is 6.61 Å². The molecule has 150 valence electrons. The Bertz CT molecular complexity index is 956. The molecule has 0 radical (unpaired) electrons. The quantitative estimate of drug-likeness (QED) is 0.755. The Morgan fingerprint density at radius 1 is 1.21 bits per heavy atom. The number of benzene rings is 1. The van der Waals surface area contributed by atoms with Crippen molar-refractivity contribution in [1.82, 2.24) is 14.5 Å². The summed E-state index contributed by atoms with van der Waals surface area (Å²) in [7, 11) is 0. The number of aryl methyl sites for hydroxylation is 2. The average Bonchev–Trinajstić information content (AvgIpc) is 2.65. The lowest BCUT2D eigenvalue weighted by Crippen LogP contribution is -2.44. The Morgan fingerprint density at radius 3 is 2.54 bits per heavy atom. The topological polar surface area (TPSA) is 81.5 Å². The Balaban J connectivity index is 1.72. The average molecular weight is 385 g/mol. The fraction of sp³-hybridized carbons (Fsp3) is 0.524. The molecular formula is C21H27N3O4. The Morgan fingerprint density at radius 2 is 1.89 bits per heavy atom. The number of rotatable bonds is 4. The van der Waals surface area contributed by atoms with Crippen molar-refractivity contribution >= 4 is 22.9 Å². The van der Waals surface area contributed by atoms with Gasteiger partial charge < -0.3 is 14.2 Å². The van der Waals surface area contributed by atoms with Crippen molar-refractivity contribution in [2.75, 3.05) is 19.7 Å². The molecule has 0 N–H and O–H groups in total. The van der Waals surface area contributed by atoms with Crippen LogP contribution in [0.15, 0.2) is 23.0 Å². The summed E-state index contributed by atoms with van der Waals surface area (Å²) in [6.45, 7) is 9.45. The van der Waals surface area contributed by atoms with Gasteiger partial charge in [-0.05, 0) is 50.3 Å². The number of esters is 1. The summed E-state index contributed by atoms with van der Waals surface area (Å²) in [6.07, 6.45) is 1.11. The lowest BCUT2D eigenvalue weighted by molar-refractivity contribution is -0.137. The van der Waals surface area contributed by atoms with E-state index >= 15 is 0 Å². The van der Waals surface area contributed by atoms with Crippen LogP contribution in [0.25, 0.3) is 11.0 Å². The first-order valence-electron chi connectivity index (χ1n) is 9.76. The van der Waals surface area contributed by atoms with Crippen molar-refractivity contribution in [3.8, 4) is 0 Å². The molecule has 2 atom stereocenters. The second-order valence-corrected chi connectivity index (χ2v) is 7.77. The standard InChI is InChI=1S/C21H27N3O4/c1-5-24-18-7-6-16(9-17(18)22-15(4)20(24)26)21(27)28-12-19(25)23-10-13(2)8-14(3)11-23/h6-7,9,13-14H,5,8,10-12H2,1-4H3/t13-,14-/m1/s1. The molecule has 0 aliphatic carbocycles. The normalized spacial score (nSPS) is 19.6. The summed E-state index contributed by atoms with van der Waals surface area (Å²) < 4.78 is 6.87. The van der Waals surface area contributed by atoms with Gasteiger partial charge in [0.25, 0.3) is 11.5 Å². The van der Waals surface area contributed by atoms with Crippen LogP contribution >= 0.6 is 0 Å². The number of hydrogen-bond donors (Lipinski definition) is 0. The zero-order chi connectivity index (χ0) is 20.4. The number of ether oxygens (including phenoxy) is 1. The van der Waals surface area contributed by atoms with E-state index in [0.29, 0.717) is 53.8 Å². The van der Waals surface area contributed by atoms with Crippen molar-refractivity contribution in [1.29, 1.82) is 0 Å². The number of likely N-dealkylation sites (tertiary alicyclic amines) is 1. The van der Waals surface area contributed by atoms with Gasteiger partial charge in [-0.3, -0.25) is 9.59 Å². The maximum atomic E-state index is 12.4. The predicted octanol–water partition coefficient (Wildman–Crippen LogP) is 2.39. The number of hydrogen-bond acceptors (Lipinski definition) is 5. The van der Waals surface area contributed by atoms with Gasteiger partial charge in [0.2, 0.25) is 0 Å². The molecule has 7 nitrogen and oxygen atoms in total. The number of carbonyl (C=O) groups excluding carboxylic acids is 2. The number of carbonyl (C=O) groups is 2. The molecule has 1 aliphatic heterocycles. The van der Waals surface area contributed by atoms with E-state index in [-0.39, 0.29) is 18.1 Å². The molecule has 1 fully saturated rings. The largest absolute Gasteiger partial charge is 0.452 e. The summed E-state index contributed by atoms with van der Waals surface area (Å²) in [4.78, 5) is 43.1. The number of nitrogens with zero attached hydrogens (tertiary/aromatic N) is 3. The molecule has 3 rings (SSSR count). The number of piperidine rings is 1. The number of aromatic nitrogens is 2. The molecule has 0 bridgehead atoms. The Kier molecular flexibility index (Phi) is 5.82. The summed E-state index contributed by atoms with van der Waals surface area (Å²) in [5.74, 6) is 0.173. The SMILES string of the molecule is CCn1c(=O)c(C)nc2cc(C(=O)OCC(=O)N3C[C@H](C)C[C@@H](C)C3)ccc21. The van der Waals surface area contributed by atoms with Crippen molar-refractivity contribution in [2.45, 2.75) is 40.7 Å². The van der Waals surface area contributed by atoms with Crippen LogP contribution in [0.2, 0.25) is 0 Å². The minimum atomic E-state index is -0.568. The highest BCUT2D eigenvalue weighted by molar-refractivity contribution is 5.94. The Hall–Kier alpha value is -2.70. The summed E-state index contributed by atoms with van der Waals surface area (Å²) >= 11 is 0. The van der Waals surface area contributed by atoms with Crippen LogP contribution in [0.1, 0.15) is 43.2 Å². The molecular weight excluding hydrogens is 358 g/mol. The van der Waals surface area contributed by atoms with Crippen LogP contribution in [-0.2, 0) is 16.1 Å². The van der Waals surface area contributed by atoms with Crippen LogP contribution in [0.5, 0.6) is 0 Å². The lowest BCUT2D eigenvalue weighted by Gasteiger charge is -2.34. The van der Waals surface area contributed by atoms with Gasteiger partial charge in [0.05, 0.1) is 16.6 Å². The smallest absolute Gasteiger partial charge is 0.338 e. The van der Waals surface area contributed by atoms with Crippen LogP contribution in [0.4, 0.5) is 0 Å². The van der Waals surface area contributed by atoms with E-state index in [4.69, 9.17) is 4.74 Å². The third kappa shape index (κ3) is 4.08. The van der Waals surface area contributed by atoms with E-state index in [2.05, 4.69) is 18.8 Å². The molecule has 1 aliphatic rings. The third-order valence-electron chi connectivity index (χ3n) is 5.21. The molecule has 2 heterocycles. The number of amides is 1. The van der Waals surface area contributed by atoms with Crippen molar-refractivity contribution < 1.29 is 14.3 Å². The van der Waals surface area contributed by atoms with E-state index in [1.165, 1.54) is 0 Å². The molecule has 1 amide bonds. The Labute approximate surface area is 164 Å². The third-order valence-corrected chi connectivity index (χ3v) is 5.21. The lowest BCUT2D eigenvalue weighted by atomic mass is 9.92. The highest BCUT2D eigenvalue weighted by Crippen LogP contribution is 2.21. The van der Waals surface area contributed by atoms with Gasteiger partial charge in [-0.2, -0.15) is 0 Å². The molecule has 0 saturated carbocycles. The van der Waals surface area contributed by atoms with Crippen LogP contribution in [0, 0.1) is 18.8 Å². The van der Waals surface area contributed by atoms with Crippen LogP contribution < -0.4 is 5.56 Å². The van der Waals surface area contributed by atoms with Gasteiger partial charge in [0, 0.05) is 19.6 Å². The second-order valence-electron chi connectivity index (χ2n) is 7.77. The molecule has 7 heteroatoms. The fourth-order valence-electron chi connectivity index (χ4n) is 3.98. The summed E-state index contributed by atoms with van der Waals surface area (Å²) in [5, 5.41) is 0. The van der Waals surface area contributed by atoms with E-state index < -0.39 is 5.97 Å². The fourth-order valence-corrected chi connectivity index (χ4v) is 3.98. The molecule has 2 aromatic rings. The van der Waals surface area contributed by atoms with Gasteiger partial charge in [0.1, 0.15) is 5.69 Å². The predicted molar refractivity (Wildman–Crippen MR) is 106 cm³/mol. The van der Waals surface area contributed by atoms with E-state index in [1.807, 2.05) is 6.92 Å². The summed E-state index contributed by atoms with van der Waals surface area (Å²) in [6, 6.07) is 4.90. The molecule has 0 unspecified atom stereocenters. The van der Waals surface area contributed by atoms with E-state index in [1.54, 1.807) is 34.6 Å². The minimum Gasteiger partial charge on any atom is -0.452 e. The van der Waals surface area contributed by atoms with E-state index in [9.17, 15) is 14.4 Å². The van der Waals surface area contributed by atoms with E-state index in [0.717, 1.165) is 6.42 Å². The monoisotopic (exact) mass is 385 g/mol. The first-order chi connectivity index (χ1) is 13.3. The first kappa shape index (κ1) is 20.0. The first-order valence-corrected chi connectivity index (χ1v) is 9.76. The number of fused-ring (bicyclic) bond motifs is 1. The minimum absolute atomic E-state index is 0.138. The molecule has 1 aromatic heterocycles. The molecule has 1 aromatic carbocycles. The molecule has 0 spiro atoms. The highest BCUT2D eigenvalue weighted by atomic mass is 16.5. The van der Waals surface area contributed by atoms with Gasteiger partial charge in [-0.25, -0.2) is 9.78 Å². The van der Waals surface area contributed by atoms with Gasteiger partial charge in [-0.1, -0.05) is 13.8 Å². The maximum absolute atomic E-state index is 12.4. The zero-order valence-corrected chi connectivity index (χ0v) is 16.9. The highest BCUT2D eigenvalue weighted by Gasteiger charge is 2.26. The van der Waals surface area contributed by atoms with Gasteiger partial charge in [-0.15, -0.1) is 0 Å². The zero-order valence-electron chi connectivity index (χ0n) is 16.9. The van der Waals surface area contributed by atoms with Crippen molar-refractivity contribution in [3.05, 3.63) is 39.8 Å².